The van der Waals surface area contributed by atoms with Gasteiger partial charge in [-0.2, -0.15) is 11.8 Å². The van der Waals surface area contributed by atoms with Crippen LogP contribution in [0.25, 0.3) is 0 Å². The van der Waals surface area contributed by atoms with Crippen molar-refractivity contribution in [2.45, 2.75) is 32.7 Å². The molecule has 1 heterocycles. The summed E-state index contributed by atoms with van der Waals surface area (Å²) in [5.41, 5.74) is 2.32. The fourth-order valence-corrected chi connectivity index (χ4v) is 2.95. The first-order valence-corrected chi connectivity index (χ1v) is 8.07. The van der Waals surface area contributed by atoms with E-state index in [1.807, 2.05) is 24.8 Å². The zero-order valence-electron chi connectivity index (χ0n) is 11.9. The smallest absolute Gasteiger partial charge is 0.251 e. The van der Waals surface area contributed by atoms with Crippen molar-refractivity contribution in [3.8, 4) is 0 Å². The van der Waals surface area contributed by atoms with Crippen LogP contribution in [0.4, 0.5) is 5.69 Å². The topological polar surface area (TPSA) is 58.2 Å². The summed E-state index contributed by atoms with van der Waals surface area (Å²) < 4.78 is 0. The van der Waals surface area contributed by atoms with E-state index in [1.54, 1.807) is 12.1 Å². The molecule has 0 radical (unpaired) electrons. The Bertz CT molecular complexity index is 517. The highest BCUT2D eigenvalue weighted by atomic mass is 32.2. The van der Waals surface area contributed by atoms with Gasteiger partial charge in [0.1, 0.15) is 0 Å². The number of thioether (sulfide) groups is 1. The molecule has 0 aliphatic carbocycles. The summed E-state index contributed by atoms with van der Waals surface area (Å²) >= 11 is 1.88. The van der Waals surface area contributed by atoms with E-state index in [9.17, 15) is 9.59 Å². The molecule has 20 heavy (non-hydrogen) atoms. The molecule has 0 fully saturated rings. The number of nitrogens with one attached hydrogen (secondary N) is 2. The summed E-state index contributed by atoms with van der Waals surface area (Å²) in [6.07, 6.45) is 1.37. The van der Waals surface area contributed by atoms with E-state index in [2.05, 4.69) is 17.6 Å². The van der Waals surface area contributed by atoms with Crippen molar-refractivity contribution in [1.82, 2.24) is 5.32 Å². The summed E-state index contributed by atoms with van der Waals surface area (Å²) in [4.78, 5) is 23.4. The van der Waals surface area contributed by atoms with E-state index in [0.717, 1.165) is 29.2 Å². The molecule has 2 rings (SSSR count). The number of hydrogen-bond donors (Lipinski definition) is 2. The third kappa shape index (κ3) is 3.76. The van der Waals surface area contributed by atoms with Crippen LogP contribution in [0.15, 0.2) is 18.2 Å². The van der Waals surface area contributed by atoms with Gasteiger partial charge in [0.15, 0.2) is 0 Å². The maximum absolute atomic E-state index is 12.1. The van der Waals surface area contributed by atoms with Gasteiger partial charge in [0.2, 0.25) is 5.91 Å². The highest BCUT2D eigenvalue weighted by molar-refractivity contribution is 7.99. The Kier molecular flexibility index (Phi) is 5.06. The molecule has 0 aromatic heterocycles. The molecule has 2 amide bonds. The van der Waals surface area contributed by atoms with Crippen molar-refractivity contribution in [3.63, 3.8) is 0 Å². The Morgan fingerprint density at radius 1 is 1.50 bits per heavy atom. The molecule has 108 valence electrons. The Hall–Kier alpha value is -1.49. The number of carbonyl (C=O) groups excluding carboxylic acids is 2. The van der Waals surface area contributed by atoms with Gasteiger partial charge in [0.25, 0.3) is 5.91 Å². The van der Waals surface area contributed by atoms with Gasteiger partial charge in [-0.1, -0.05) is 13.0 Å². The van der Waals surface area contributed by atoms with E-state index in [4.69, 9.17) is 0 Å². The Morgan fingerprint density at radius 3 is 3.05 bits per heavy atom. The molecule has 0 bridgehead atoms. The lowest BCUT2D eigenvalue weighted by Gasteiger charge is -2.14. The monoisotopic (exact) mass is 292 g/mol. The van der Waals surface area contributed by atoms with Crippen LogP contribution in [-0.2, 0) is 11.2 Å². The van der Waals surface area contributed by atoms with Gasteiger partial charge >= 0.3 is 0 Å². The summed E-state index contributed by atoms with van der Waals surface area (Å²) in [6, 6.07) is 5.54. The van der Waals surface area contributed by atoms with Gasteiger partial charge in [-0.15, -0.1) is 0 Å². The number of amides is 2. The standard InChI is InChI=1S/C15H20N2O2S/c1-3-20-7-6-10(2)16-15(19)12-5-4-11-9-14(18)17-13(11)8-12/h4-5,8,10H,3,6-7,9H2,1-2H3,(H,16,19)(H,17,18). The number of anilines is 1. The van der Waals surface area contributed by atoms with E-state index in [-0.39, 0.29) is 17.9 Å². The normalized spacial score (nSPS) is 14.6. The predicted octanol–water partition coefficient (Wildman–Crippen LogP) is 2.44. The molecule has 1 atom stereocenters. The Morgan fingerprint density at radius 2 is 2.30 bits per heavy atom. The molecular formula is C15H20N2O2S. The first-order chi connectivity index (χ1) is 9.60. The van der Waals surface area contributed by atoms with Crippen LogP contribution in [0.2, 0.25) is 0 Å². The molecular weight excluding hydrogens is 272 g/mol. The van der Waals surface area contributed by atoms with Gasteiger partial charge in [-0.3, -0.25) is 9.59 Å². The number of hydrogen-bond acceptors (Lipinski definition) is 3. The molecule has 0 saturated heterocycles. The van der Waals surface area contributed by atoms with Crippen molar-refractivity contribution >= 4 is 29.3 Å². The van der Waals surface area contributed by atoms with Crippen LogP contribution in [0.3, 0.4) is 0 Å². The second-order valence-corrected chi connectivity index (χ2v) is 6.35. The minimum absolute atomic E-state index is 0.0116. The molecule has 1 aliphatic rings. The van der Waals surface area contributed by atoms with Gasteiger partial charge in [0, 0.05) is 17.3 Å². The second kappa shape index (κ2) is 6.79. The van der Waals surface area contributed by atoms with E-state index >= 15 is 0 Å². The van der Waals surface area contributed by atoms with Gasteiger partial charge in [0.05, 0.1) is 6.42 Å². The quantitative estimate of drug-likeness (QED) is 0.792. The zero-order chi connectivity index (χ0) is 14.5. The summed E-state index contributed by atoms with van der Waals surface area (Å²) in [6.45, 7) is 4.15. The van der Waals surface area contributed by atoms with Crippen molar-refractivity contribution in [1.29, 1.82) is 0 Å². The van der Waals surface area contributed by atoms with Gasteiger partial charge < -0.3 is 10.6 Å². The molecule has 1 unspecified atom stereocenters. The van der Waals surface area contributed by atoms with Crippen molar-refractivity contribution in [2.24, 2.45) is 0 Å². The van der Waals surface area contributed by atoms with Crippen molar-refractivity contribution in [2.75, 3.05) is 16.8 Å². The molecule has 0 spiro atoms. The average molecular weight is 292 g/mol. The van der Waals surface area contributed by atoms with E-state index in [1.165, 1.54) is 0 Å². The van der Waals surface area contributed by atoms with Gasteiger partial charge in [-0.25, -0.2) is 0 Å². The van der Waals surface area contributed by atoms with E-state index in [0.29, 0.717) is 12.0 Å². The van der Waals surface area contributed by atoms with Crippen LogP contribution >= 0.6 is 11.8 Å². The second-order valence-electron chi connectivity index (χ2n) is 4.96. The molecule has 1 aliphatic heterocycles. The third-order valence-electron chi connectivity index (χ3n) is 3.27. The van der Waals surface area contributed by atoms with Crippen LogP contribution < -0.4 is 10.6 Å². The highest BCUT2D eigenvalue weighted by Gasteiger charge is 2.19. The molecule has 4 nitrogen and oxygen atoms in total. The maximum Gasteiger partial charge on any atom is 0.251 e. The van der Waals surface area contributed by atoms with Crippen LogP contribution in [0, 0.1) is 0 Å². The lowest BCUT2D eigenvalue weighted by Crippen LogP contribution is -2.33. The number of fused-ring (bicyclic) bond motifs is 1. The third-order valence-corrected chi connectivity index (χ3v) is 4.21. The fraction of sp³-hybridized carbons (Fsp3) is 0.467. The maximum atomic E-state index is 12.1. The number of rotatable bonds is 6. The Labute approximate surface area is 123 Å². The molecule has 0 saturated carbocycles. The molecule has 1 aromatic rings. The Balaban J connectivity index is 1.93. The SMILES string of the molecule is CCSCCC(C)NC(=O)c1ccc2c(c1)NC(=O)C2. The van der Waals surface area contributed by atoms with Crippen LogP contribution in [0.5, 0.6) is 0 Å². The number of carbonyl (C=O) groups is 2. The van der Waals surface area contributed by atoms with Crippen LogP contribution in [0.1, 0.15) is 36.2 Å². The summed E-state index contributed by atoms with van der Waals surface area (Å²) in [5.74, 6) is 2.06. The largest absolute Gasteiger partial charge is 0.350 e. The molecule has 2 N–H and O–H groups in total. The lowest BCUT2D eigenvalue weighted by atomic mass is 10.1. The number of benzene rings is 1. The minimum Gasteiger partial charge on any atom is -0.350 e. The van der Waals surface area contributed by atoms with Gasteiger partial charge in [-0.05, 0) is 42.5 Å². The zero-order valence-corrected chi connectivity index (χ0v) is 12.7. The van der Waals surface area contributed by atoms with Crippen molar-refractivity contribution in [3.05, 3.63) is 29.3 Å². The summed E-state index contributed by atoms with van der Waals surface area (Å²) in [7, 11) is 0. The van der Waals surface area contributed by atoms with E-state index < -0.39 is 0 Å². The summed E-state index contributed by atoms with van der Waals surface area (Å²) in [5, 5.41) is 5.76. The first-order valence-electron chi connectivity index (χ1n) is 6.91. The minimum atomic E-state index is -0.0806. The fourth-order valence-electron chi connectivity index (χ4n) is 2.14. The lowest BCUT2D eigenvalue weighted by molar-refractivity contribution is -0.115. The predicted molar refractivity (Wildman–Crippen MR) is 83.3 cm³/mol. The average Bonchev–Trinajstić information content (AvgIpc) is 2.77. The first kappa shape index (κ1) is 14.9. The molecule has 5 heteroatoms. The molecule has 1 aromatic carbocycles. The van der Waals surface area contributed by atoms with Crippen LogP contribution in [-0.4, -0.2) is 29.4 Å². The highest BCUT2D eigenvalue weighted by Crippen LogP contribution is 2.24. The van der Waals surface area contributed by atoms with Crippen molar-refractivity contribution < 1.29 is 9.59 Å².